The van der Waals surface area contributed by atoms with Crippen molar-refractivity contribution in [2.75, 3.05) is 0 Å². The van der Waals surface area contributed by atoms with E-state index in [-0.39, 0.29) is 6.04 Å². The lowest BCUT2D eigenvalue weighted by atomic mass is 10.1. The summed E-state index contributed by atoms with van der Waals surface area (Å²) in [6, 6.07) is 1.08. The van der Waals surface area contributed by atoms with Crippen molar-refractivity contribution >= 4 is 25.6 Å². The van der Waals surface area contributed by atoms with Crippen molar-refractivity contribution in [3.8, 4) is 0 Å². The van der Waals surface area contributed by atoms with Gasteiger partial charge in [0.1, 0.15) is 0 Å². The molecule has 1 fully saturated rings. The molecule has 2 rings (SSSR count). The number of hydrogen-bond donors (Lipinski definition) is 1. The largest absolute Gasteiger partial charge is 0.349 e. The zero-order valence-electron chi connectivity index (χ0n) is 11.2. The molecule has 1 aromatic rings. The van der Waals surface area contributed by atoms with Crippen LogP contribution in [0, 0.1) is 17.6 Å². The molecule has 0 saturated heterocycles. The smallest absolute Gasteiger partial charge is 0.261 e. The second-order valence-electron chi connectivity index (χ2n) is 5.29. The molecule has 0 bridgehead atoms. The van der Waals surface area contributed by atoms with Gasteiger partial charge >= 0.3 is 0 Å². The molecular weight excluding hydrogens is 324 g/mol. The maximum atomic E-state index is 13.7. The van der Waals surface area contributed by atoms with Crippen LogP contribution in [-0.4, -0.2) is 20.4 Å². The van der Waals surface area contributed by atoms with E-state index in [2.05, 4.69) is 5.32 Å². The summed E-state index contributed by atoms with van der Waals surface area (Å²) in [6.45, 7) is 2.03. The van der Waals surface area contributed by atoms with Crippen LogP contribution in [0.5, 0.6) is 0 Å². The minimum atomic E-state index is -4.25. The highest BCUT2D eigenvalue weighted by Crippen LogP contribution is 2.26. The van der Waals surface area contributed by atoms with E-state index in [1.54, 1.807) is 0 Å². The highest BCUT2D eigenvalue weighted by molar-refractivity contribution is 8.13. The average molecular weight is 338 g/mol. The molecule has 0 radical (unpaired) electrons. The van der Waals surface area contributed by atoms with Gasteiger partial charge in [-0.05, 0) is 37.3 Å². The first-order valence-corrected chi connectivity index (χ1v) is 8.74. The molecule has 0 spiro atoms. The molecular formula is C13H14ClF2NO3S. The number of rotatable bonds is 3. The maximum Gasteiger partial charge on any atom is 0.261 e. The number of amides is 1. The minimum Gasteiger partial charge on any atom is -0.349 e. The first-order valence-electron chi connectivity index (χ1n) is 6.43. The molecule has 8 heteroatoms. The van der Waals surface area contributed by atoms with E-state index < -0.39 is 37.1 Å². The lowest BCUT2D eigenvalue weighted by molar-refractivity contribution is 0.0932. The van der Waals surface area contributed by atoms with Gasteiger partial charge in [-0.1, -0.05) is 6.92 Å². The van der Waals surface area contributed by atoms with Crippen molar-refractivity contribution in [1.29, 1.82) is 0 Å². The molecule has 2 unspecified atom stereocenters. The first-order chi connectivity index (χ1) is 9.68. The fourth-order valence-electron chi connectivity index (χ4n) is 2.47. The van der Waals surface area contributed by atoms with Crippen molar-refractivity contribution in [3.63, 3.8) is 0 Å². The quantitative estimate of drug-likeness (QED) is 0.863. The van der Waals surface area contributed by atoms with Gasteiger partial charge in [-0.15, -0.1) is 0 Å². The Hall–Kier alpha value is -1.21. The Kier molecular flexibility index (Phi) is 4.53. The molecule has 0 heterocycles. The lowest BCUT2D eigenvalue weighted by Crippen LogP contribution is -2.33. The number of carbonyl (C=O) groups is 1. The predicted molar refractivity (Wildman–Crippen MR) is 73.7 cm³/mol. The van der Waals surface area contributed by atoms with E-state index in [0.717, 1.165) is 25.3 Å². The number of halogens is 3. The molecule has 4 nitrogen and oxygen atoms in total. The van der Waals surface area contributed by atoms with Gasteiger partial charge in [-0.3, -0.25) is 4.79 Å². The molecule has 1 amide bonds. The fraction of sp³-hybridized carbons (Fsp3) is 0.462. The standard InChI is InChI=1S/C13H14ClF2NO3S/c1-7-2-3-8(4-7)17-13(18)10-5-9(21(14,19)20)6-11(15)12(10)16/h5-8H,2-4H2,1H3,(H,17,18). The van der Waals surface area contributed by atoms with Crippen molar-refractivity contribution in [2.24, 2.45) is 5.92 Å². The Morgan fingerprint density at radius 3 is 2.52 bits per heavy atom. The molecule has 1 aromatic carbocycles. The fourth-order valence-corrected chi connectivity index (χ4v) is 3.24. The summed E-state index contributed by atoms with van der Waals surface area (Å²) >= 11 is 0. The van der Waals surface area contributed by atoms with Crippen molar-refractivity contribution in [3.05, 3.63) is 29.3 Å². The van der Waals surface area contributed by atoms with Crippen LogP contribution < -0.4 is 5.32 Å². The van der Waals surface area contributed by atoms with Crippen LogP contribution in [0.4, 0.5) is 8.78 Å². The van der Waals surface area contributed by atoms with E-state index in [9.17, 15) is 22.0 Å². The molecule has 116 valence electrons. The Morgan fingerprint density at radius 1 is 1.33 bits per heavy atom. The third kappa shape index (κ3) is 3.71. The van der Waals surface area contributed by atoms with Gasteiger partial charge in [0.25, 0.3) is 15.0 Å². The van der Waals surface area contributed by atoms with Gasteiger partial charge in [0.2, 0.25) is 0 Å². The van der Waals surface area contributed by atoms with E-state index >= 15 is 0 Å². The highest BCUT2D eigenvalue weighted by Gasteiger charge is 2.26. The van der Waals surface area contributed by atoms with Crippen LogP contribution >= 0.6 is 10.7 Å². The summed E-state index contributed by atoms with van der Waals surface area (Å²) in [5, 5.41) is 2.59. The first kappa shape index (κ1) is 16.2. The van der Waals surface area contributed by atoms with Crippen molar-refractivity contribution in [2.45, 2.75) is 37.1 Å². The van der Waals surface area contributed by atoms with Crippen LogP contribution in [0.3, 0.4) is 0 Å². The SMILES string of the molecule is CC1CCC(NC(=O)c2cc(S(=O)(=O)Cl)cc(F)c2F)C1. The second-order valence-corrected chi connectivity index (χ2v) is 7.86. The number of benzene rings is 1. The molecule has 1 aliphatic rings. The summed E-state index contributed by atoms with van der Waals surface area (Å²) in [7, 11) is 0.852. The average Bonchev–Trinajstić information content (AvgIpc) is 2.76. The molecule has 1 aliphatic carbocycles. The van der Waals surface area contributed by atoms with Crippen molar-refractivity contribution < 1.29 is 22.0 Å². The van der Waals surface area contributed by atoms with Crippen LogP contribution in [0.1, 0.15) is 36.5 Å². The van der Waals surface area contributed by atoms with E-state index in [1.807, 2.05) is 6.92 Å². The van der Waals surface area contributed by atoms with E-state index in [4.69, 9.17) is 10.7 Å². The molecule has 2 atom stereocenters. The maximum absolute atomic E-state index is 13.7. The van der Waals surface area contributed by atoms with E-state index in [1.165, 1.54) is 0 Å². The summed E-state index contributed by atoms with van der Waals surface area (Å²) < 4.78 is 49.5. The van der Waals surface area contributed by atoms with Gasteiger partial charge in [0.15, 0.2) is 11.6 Å². The summed E-state index contributed by atoms with van der Waals surface area (Å²) in [5.74, 6) is -3.21. The zero-order chi connectivity index (χ0) is 15.8. The topological polar surface area (TPSA) is 63.2 Å². The Morgan fingerprint density at radius 2 is 2.00 bits per heavy atom. The van der Waals surface area contributed by atoms with Gasteiger partial charge in [0, 0.05) is 16.7 Å². The monoisotopic (exact) mass is 337 g/mol. The van der Waals surface area contributed by atoms with E-state index in [0.29, 0.717) is 12.0 Å². The predicted octanol–water partition coefficient (Wildman–Crippen LogP) is 2.81. The van der Waals surface area contributed by atoms with Crippen LogP contribution in [-0.2, 0) is 9.05 Å². The summed E-state index contributed by atoms with van der Waals surface area (Å²) in [4.78, 5) is 11.4. The molecule has 1 N–H and O–H groups in total. The third-order valence-electron chi connectivity index (χ3n) is 3.56. The summed E-state index contributed by atoms with van der Waals surface area (Å²) in [5.41, 5.74) is -0.659. The molecule has 0 aliphatic heterocycles. The number of nitrogens with one attached hydrogen (secondary N) is 1. The third-order valence-corrected chi connectivity index (χ3v) is 4.89. The minimum absolute atomic E-state index is 0.119. The number of carbonyl (C=O) groups excluding carboxylic acids is 1. The lowest BCUT2D eigenvalue weighted by Gasteiger charge is -2.13. The Bertz CT molecular complexity index is 678. The Labute approximate surface area is 125 Å². The molecule has 0 aromatic heterocycles. The van der Waals surface area contributed by atoms with Crippen LogP contribution in [0.15, 0.2) is 17.0 Å². The van der Waals surface area contributed by atoms with Gasteiger partial charge in [0.05, 0.1) is 10.5 Å². The normalized spacial score (nSPS) is 22.3. The number of hydrogen-bond acceptors (Lipinski definition) is 3. The second kappa shape index (κ2) is 5.88. The molecule has 1 saturated carbocycles. The van der Waals surface area contributed by atoms with Gasteiger partial charge in [-0.2, -0.15) is 0 Å². The van der Waals surface area contributed by atoms with Gasteiger partial charge in [-0.25, -0.2) is 17.2 Å². The van der Waals surface area contributed by atoms with Crippen LogP contribution in [0.25, 0.3) is 0 Å². The van der Waals surface area contributed by atoms with Crippen LogP contribution in [0.2, 0.25) is 0 Å². The van der Waals surface area contributed by atoms with Crippen molar-refractivity contribution in [1.82, 2.24) is 5.32 Å². The Balaban J connectivity index is 2.30. The zero-order valence-corrected chi connectivity index (χ0v) is 12.8. The van der Waals surface area contributed by atoms with Gasteiger partial charge < -0.3 is 5.32 Å². The highest BCUT2D eigenvalue weighted by atomic mass is 35.7. The molecule has 21 heavy (non-hydrogen) atoms. The summed E-state index contributed by atoms with van der Waals surface area (Å²) in [6.07, 6.45) is 2.45.